The molecule has 1 aliphatic rings. The van der Waals surface area contributed by atoms with Gasteiger partial charge in [0.15, 0.2) is 0 Å². The molecule has 0 bridgehead atoms. The number of halogens is 1. The van der Waals surface area contributed by atoms with Crippen molar-refractivity contribution in [2.75, 3.05) is 32.5 Å². The van der Waals surface area contributed by atoms with Gasteiger partial charge in [0.2, 0.25) is 0 Å². The molecule has 0 saturated carbocycles. The number of likely N-dealkylation sites (N-methyl/N-ethyl adjacent to an activating group) is 1. The third-order valence-electron chi connectivity index (χ3n) is 4.37. The minimum absolute atomic E-state index is 0.0458. The average molecular weight is 422 g/mol. The summed E-state index contributed by atoms with van der Waals surface area (Å²) in [5.41, 5.74) is 1.33. The number of carbonyl (C=O) groups is 2. The van der Waals surface area contributed by atoms with Crippen LogP contribution >= 0.6 is 27.3 Å². The van der Waals surface area contributed by atoms with Crippen molar-refractivity contribution in [3.63, 3.8) is 0 Å². The third-order valence-corrected chi connectivity index (χ3v) is 5.99. The van der Waals surface area contributed by atoms with Crippen molar-refractivity contribution < 1.29 is 9.59 Å². The molecule has 2 aromatic rings. The van der Waals surface area contributed by atoms with Crippen molar-refractivity contribution in [2.24, 2.45) is 0 Å². The smallest absolute Gasteiger partial charge is 0.265 e. The minimum atomic E-state index is -0.150. The molecule has 1 aromatic heterocycles. The summed E-state index contributed by atoms with van der Waals surface area (Å²) in [6, 6.07) is 11.1. The van der Waals surface area contributed by atoms with Crippen LogP contribution in [0, 0.1) is 0 Å². The lowest BCUT2D eigenvalue weighted by atomic mass is 10.2. The summed E-state index contributed by atoms with van der Waals surface area (Å²) in [4.78, 5) is 29.4. The van der Waals surface area contributed by atoms with Gasteiger partial charge in [0.25, 0.3) is 11.8 Å². The van der Waals surface area contributed by atoms with Gasteiger partial charge in [-0.15, -0.1) is 11.3 Å². The molecule has 1 unspecified atom stereocenters. The van der Waals surface area contributed by atoms with Gasteiger partial charge in [0.1, 0.15) is 0 Å². The second-order valence-electron chi connectivity index (χ2n) is 6.29. The van der Waals surface area contributed by atoms with Crippen LogP contribution < -0.4 is 5.32 Å². The lowest BCUT2D eigenvalue weighted by Gasteiger charge is -2.20. The van der Waals surface area contributed by atoms with Gasteiger partial charge in [-0.3, -0.25) is 9.59 Å². The molecule has 0 aliphatic carbocycles. The Balaban J connectivity index is 1.62. The maximum absolute atomic E-state index is 12.6. The molecule has 1 N–H and O–H groups in total. The van der Waals surface area contributed by atoms with Crippen LogP contribution in [0.3, 0.4) is 0 Å². The second-order valence-corrected chi connectivity index (χ2v) is 8.76. The molecule has 132 valence electrons. The van der Waals surface area contributed by atoms with Crippen LogP contribution in [0.4, 0.5) is 5.69 Å². The number of carbonyl (C=O) groups excluding carboxylic acids is 2. The average Bonchev–Trinajstić information content (AvgIpc) is 3.24. The van der Waals surface area contributed by atoms with Gasteiger partial charge >= 0.3 is 0 Å². The first-order valence-electron chi connectivity index (χ1n) is 8.06. The first-order valence-corrected chi connectivity index (χ1v) is 9.67. The summed E-state index contributed by atoms with van der Waals surface area (Å²) in [6.45, 7) is 1.55. The molecule has 0 spiro atoms. The minimum Gasteiger partial charge on any atom is -0.337 e. The number of anilines is 1. The van der Waals surface area contributed by atoms with Crippen LogP contribution in [-0.2, 0) is 0 Å². The maximum atomic E-state index is 12.6. The molecular formula is C18H20BrN3O2S. The normalized spacial score (nSPS) is 17.1. The lowest BCUT2D eigenvalue weighted by molar-refractivity contribution is 0.0783. The molecule has 3 rings (SSSR count). The number of rotatable bonds is 4. The predicted octanol–water partition coefficient (Wildman–Crippen LogP) is 3.54. The van der Waals surface area contributed by atoms with Crippen molar-refractivity contribution in [1.82, 2.24) is 9.80 Å². The Bertz CT molecular complexity index is 773. The highest BCUT2D eigenvalue weighted by molar-refractivity contribution is 9.11. The van der Waals surface area contributed by atoms with E-state index in [1.54, 1.807) is 30.3 Å². The van der Waals surface area contributed by atoms with Gasteiger partial charge < -0.3 is 15.1 Å². The van der Waals surface area contributed by atoms with E-state index >= 15 is 0 Å². The quantitative estimate of drug-likeness (QED) is 0.820. The summed E-state index contributed by atoms with van der Waals surface area (Å²) < 4.78 is 0.917. The largest absolute Gasteiger partial charge is 0.337 e. The first kappa shape index (κ1) is 18.1. The van der Waals surface area contributed by atoms with Crippen LogP contribution in [0.2, 0.25) is 0 Å². The molecule has 5 nitrogen and oxygen atoms in total. The Kier molecular flexibility index (Phi) is 5.56. The maximum Gasteiger partial charge on any atom is 0.265 e. The highest BCUT2D eigenvalue weighted by Gasteiger charge is 2.27. The molecule has 1 aliphatic heterocycles. The Morgan fingerprint density at radius 3 is 2.48 bits per heavy atom. The fourth-order valence-electron chi connectivity index (χ4n) is 2.86. The first-order chi connectivity index (χ1) is 11.9. The fourth-order valence-corrected chi connectivity index (χ4v) is 4.14. The number of hydrogen-bond donors (Lipinski definition) is 1. The van der Waals surface area contributed by atoms with Gasteiger partial charge in [-0.05, 0) is 72.8 Å². The highest BCUT2D eigenvalue weighted by atomic mass is 79.9. The Morgan fingerprint density at radius 1 is 1.20 bits per heavy atom. The molecule has 1 saturated heterocycles. The van der Waals surface area contributed by atoms with E-state index in [4.69, 9.17) is 0 Å². The number of thiophene rings is 1. The van der Waals surface area contributed by atoms with E-state index in [0.29, 0.717) is 22.2 Å². The fraction of sp³-hybridized carbons (Fsp3) is 0.333. The lowest BCUT2D eigenvalue weighted by Crippen LogP contribution is -2.34. The Labute approximate surface area is 159 Å². The van der Waals surface area contributed by atoms with Crippen molar-refractivity contribution in [1.29, 1.82) is 0 Å². The Hall–Kier alpha value is -1.70. The van der Waals surface area contributed by atoms with Crippen LogP contribution in [0.1, 0.15) is 26.5 Å². The van der Waals surface area contributed by atoms with Crippen molar-refractivity contribution in [3.8, 4) is 0 Å². The predicted molar refractivity (Wildman–Crippen MR) is 104 cm³/mol. The number of nitrogens with one attached hydrogen (secondary N) is 1. The molecule has 1 atom stereocenters. The van der Waals surface area contributed by atoms with E-state index in [-0.39, 0.29) is 11.8 Å². The van der Waals surface area contributed by atoms with Crippen LogP contribution in [-0.4, -0.2) is 54.8 Å². The van der Waals surface area contributed by atoms with Gasteiger partial charge in [-0.2, -0.15) is 0 Å². The number of amides is 2. The van der Waals surface area contributed by atoms with Crippen LogP contribution in [0.15, 0.2) is 40.2 Å². The van der Waals surface area contributed by atoms with E-state index in [1.165, 1.54) is 11.3 Å². The summed E-state index contributed by atoms with van der Waals surface area (Å²) >= 11 is 4.73. The SMILES string of the molecule is CN(C)C1CCN(C(=O)c2ccc(NC(=O)c3ccc(Br)s3)cc2)C1. The van der Waals surface area contributed by atoms with Crippen molar-refractivity contribution in [3.05, 3.63) is 50.6 Å². The molecular weight excluding hydrogens is 402 g/mol. The summed E-state index contributed by atoms with van der Waals surface area (Å²) in [5.74, 6) is -0.104. The molecule has 2 heterocycles. The summed E-state index contributed by atoms with van der Waals surface area (Å²) in [6.07, 6.45) is 1.00. The molecule has 0 radical (unpaired) electrons. The van der Waals surface area contributed by atoms with E-state index in [2.05, 4.69) is 26.1 Å². The topological polar surface area (TPSA) is 52.6 Å². The van der Waals surface area contributed by atoms with E-state index in [0.717, 1.165) is 23.3 Å². The van der Waals surface area contributed by atoms with Crippen molar-refractivity contribution in [2.45, 2.75) is 12.5 Å². The monoisotopic (exact) mass is 421 g/mol. The van der Waals surface area contributed by atoms with E-state index in [1.807, 2.05) is 25.1 Å². The van der Waals surface area contributed by atoms with Gasteiger partial charge in [0.05, 0.1) is 8.66 Å². The summed E-state index contributed by atoms with van der Waals surface area (Å²) in [7, 11) is 4.09. The molecule has 1 aromatic carbocycles. The zero-order chi connectivity index (χ0) is 18.0. The molecule has 2 amide bonds. The van der Waals surface area contributed by atoms with E-state index in [9.17, 15) is 9.59 Å². The second kappa shape index (κ2) is 7.68. The number of hydrogen-bond acceptors (Lipinski definition) is 4. The number of likely N-dealkylation sites (tertiary alicyclic amines) is 1. The standard InChI is InChI=1S/C18H20BrN3O2S/c1-21(2)14-9-10-22(11-14)18(24)12-3-5-13(6-4-12)20-17(23)15-7-8-16(19)25-15/h3-8,14H,9-11H2,1-2H3,(H,20,23). The van der Waals surface area contributed by atoms with Crippen LogP contribution in [0.25, 0.3) is 0 Å². The van der Waals surface area contributed by atoms with Crippen LogP contribution in [0.5, 0.6) is 0 Å². The summed E-state index contributed by atoms with van der Waals surface area (Å²) in [5, 5.41) is 2.85. The molecule has 25 heavy (non-hydrogen) atoms. The zero-order valence-electron chi connectivity index (χ0n) is 14.2. The van der Waals surface area contributed by atoms with Gasteiger partial charge in [-0.1, -0.05) is 0 Å². The third kappa shape index (κ3) is 4.29. The molecule has 1 fully saturated rings. The van der Waals surface area contributed by atoms with Gasteiger partial charge in [0, 0.05) is 30.4 Å². The Morgan fingerprint density at radius 2 is 1.92 bits per heavy atom. The zero-order valence-corrected chi connectivity index (χ0v) is 16.6. The van der Waals surface area contributed by atoms with Crippen molar-refractivity contribution >= 4 is 44.8 Å². The highest BCUT2D eigenvalue weighted by Crippen LogP contribution is 2.23. The molecule has 7 heteroatoms. The number of nitrogens with zero attached hydrogens (tertiary/aromatic N) is 2. The number of benzene rings is 1. The van der Waals surface area contributed by atoms with Gasteiger partial charge in [-0.25, -0.2) is 0 Å². The van der Waals surface area contributed by atoms with E-state index < -0.39 is 0 Å².